The number of pyridine rings is 2. The molecule has 0 atom stereocenters. The number of hydrogen-bond acceptors (Lipinski definition) is 4. The maximum absolute atomic E-state index is 11.1. The predicted molar refractivity (Wildman–Crippen MR) is 77.6 cm³/mol. The second-order valence-electron chi connectivity index (χ2n) is 4.63. The van der Waals surface area contributed by atoms with Crippen molar-refractivity contribution in [1.29, 1.82) is 0 Å². The summed E-state index contributed by atoms with van der Waals surface area (Å²) in [5.41, 5.74) is 2.13. The Bertz CT molecular complexity index is 844. The maximum atomic E-state index is 11.1. The number of halogens is 1. The summed E-state index contributed by atoms with van der Waals surface area (Å²) >= 11 is 5.89. The van der Waals surface area contributed by atoms with Crippen LogP contribution in [0.1, 0.15) is 21.6 Å². The highest BCUT2D eigenvalue weighted by atomic mass is 35.5. The molecule has 0 radical (unpaired) electrons. The van der Waals surface area contributed by atoms with Crippen LogP contribution in [0.25, 0.3) is 11.0 Å². The molecule has 0 unspecified atom stereocenters. The molecule has 1 N–H and O–H groups in total. The van der Waals surface area contributed by atoms with E-state index in [0.29, 0.717) is 28.5 Å². The highest BCUT2D eigenvalue weighted by Gasteiger charge is 2.12. The number of fused-ring (bicyclic) bond motifs is 1. The third-order valence-corrected chi connectivity index (χ3v) is 3.43. The van der Waals surface area contributed by atoms with Crippen molar-refractivity contribution in [1.82, 2.24) is 19.7 Å². The van der Waals surface area contributed by atoms with Crippen LogP contribution in [-0.2, 0) is 6.54 Å². The Balaban J connectivity index is 1.98. The molecule has 106 valence electrons. The summed E-state index contributed by atoms with van der Waals surface area (Å²) < 4.78 is 1.68. The first-order valence-corrected chi connectivity index (χ1v) is 6.59. The maximum Gasteiger partial charge on any atom is 0.336 e. The number of carbonyl (C=O) groups is 1. The third-order valence-electron chi connectivity index (χ3n) is 3.22. The summed E-state index contributed by atoms with van der Waals surface area (Å²) in [7, 11) is 0. The smallest absolute Gasteiger partial charge is 0.336 e. The van der Waals surface area contributed by atoms with Crippen LogP contribution in [0.2, 0.25) is 5.02 Å². The van der Waals surface area contributed by atoms with Crippen molar-refractivity contribution in [2.24, 2.45) is 0 Å². The number of aromatic nitrogens is 4. The fraction of sp³-hybridized carbons (Fsp3) is 0.143. The number of aromatic carboxylic acids is 1. The molecule has 3 heterocycles. The van der Waals surface area contributed by atoms with Crippen molar-refractivity contribution in [3.63, 3.8) is 0 Å². The van der Waals surface area contributed by atoms with Crippen molar-refractivity contribution in [2.75, 3.05) is 0 Å². The van der Waals surface area contributed by atoms with Gasteiger partial charge in [-0.1, -0.05) is 11.6 Å². The minimum absolute atomic E-state index is 0.248. The molecule has 0 aliphatic carbocycles. The molecule has 3 aromatic rings. The van der Waals surface area contributed by atoms with Gasteiger partial charge < -0.3 is 5.11 Å². The lowest BCUT2D eigenvalue weighted by atomic mass is 10.1. The van der Waals surface area contributed by atoms with Gasteiger partial charge in [-0.2, -0.15) is 5.10 Å². The summed E-state index contributed by atoms with van der Waals surface area (Å²) in [4.78, 5) is 19.5. The summed E-state index contributed by atoms with van der Waals surface area (Å²) in [6.45, 7) is 2.12. The van der Waals surface area contributed by atoms with Crippen molar-refractivity contribution >= 4 is 28.6 Å². The summed E-state index contributed by atoms with van der Waals surface area (Å²) in [6.07, 6.45) is 4.84. The van der Waals surface area contributed by atoms with E-state index < -0.39 is 5.97 Å². The molecule has 0 saturated carbocycles. The zero-order valence-electron chi connectivity index (χ0n) is 11.1. The van der Waals surface area contributed by atoms with E-state index in [-0.39, 0.29) is 5.56 Å². The minimum Gasteiger partial charge on any atom is -0.478 e. The van der Waals surface area contributed by atoms with Crippen LogP contribution in [-0.4, -0.2) is 30.8 Å². The topological polar surface area (TPSA) is 80.9 Å². The molecule has 0 saturated heterocycles. The van der Waals surface area contributed by atoms with E-state index in [0.717, 1.165) is 5.39 Å². The largest absolute Gasteiger partial charge is 0.478 e. The number of nitrogens with zero attached hydrogens (tertiary/aromatic N) is 4. The Kier molecular flexibility index (Phi) is 3.31. The van der Waals surface area contributed by atoms with Gasteiger partial charge in [-0.25, -0.2) is 9.78 Å². The first-order valence-electron chi connectivity index (χ1n) is 6.21. The Morgan fingerprint density at radius 1 is 1.43 bits per heavy atom. The van der Waals surface area contributed by atoms with Gasteiger partial charge in [-0.3, -0.25) is 9.67 Å². The number of carboxylic acid groups (broad SMARTS) is 1. The van der Waals surface area contributed by atoms with Crippen LogP contribution in [0.5, 0.6) is 0 Å². The van der Waals surface area contributed by atoms with Crippen LogP contribution in [0.3, 0.4) is 0 Å². The molecule has 3 rings (SSSR count). The van der Waals surface area contributed by atoms with Gasteiger partial charge in [0.2, 0.25) is 0 Å². The molecule has 3 aromatic heterocycles. The van der Waals surface area contributed by atoms with Crippen LogP contribution >= 0.6 is 11.6 Å². The number of carboxylic acids is 1. The van der Waals surface area contributed by atoms with E-state index in [1.54, 1.807) is 17.7 Å². The normalized spacial score (nSPS) is 11.0. The minimum atomic E-state index is -0.963. The van der Waals surface area contributed by atoms with Crippen molar-refractivity contribution in [3.05, 3.63) is 52.6 Å². The zero-order valence-corrected chi connectivity index (χ0v) is 11.9. The van der Waals surface area contributed by atoms with Crippen LogP contribution in [0, 0.1) is 6.92 Å². The Labute approximate surface area is 125 Å². The molecular formula is C14H11ClN4O2. The molecule has 0 aromatic carbocycles. The molecule has 21 heavy (non-hydrogen) atoms. The molecule has 0 aliphatic heterocycles. The monoisotopic (exact) mass is 302 g/mol. The second kappa shape index (κ2) is 5.14. The fourth-order valence-corrected chi connectivity index (χ4v) is 2.31. The average Bonchev–Trinajstić information content (AvgIpc) is 2.82. The Morgan fingerprint density at radius 3 is 3.00 bits per heavy atom. The van der Waals surface area contributed by atoms with Gasteiger partial charge in [0.15, 0.2) is 5.65 Å². The van der Waals surface area contributed by atoms with E-state index >= 15 is 0 Å². The van der Waals surface area contributed by atoms with Crippen LogP contribution < -0.4 is 0 Å². The van der Waals surface area contributed by atoms with Gasteiger partial charge >= 0.3 is 5.97 Å². The standard InChI is InChI=1S/C14H11ClN4O2/c1-8-11(14(20)21)2-3-16-12(8)7-19-6-9-4-10(15)5-17-13(9)18-19/h2-6H,7H2,1H3,(H,20,21). The molecule has 0 spiro atoms. The van der Waals surface area contributed by atoms with Gasteiger partial charge in [0.05, 0.1) is 22.8 Å². The lowest BCUT2D eigenvalue weighted by molar-refractivity contribution is 0.0695. The fourth-order valence-electron chi connectivity index (χ4n) is 2.14. The third kappa shape index (κ3) is 2.57. The zero-order chi connectivity index (χ0) is 15.0. The van der Waals surface area contributed by atoms with Gasteiger partial charge in [0, 0.05) is 24.0 Å². The van der Waals surface area contributed by atoms with Gasteiger partial charge in [-0.15, -0.1) is 0 Å². The van der Waals surface area contributed by atoms with E-state index in [1.165, 1.54) is 18.5 Å². The van der Waals surface area contributed by atoms with E-state index in [1.807, 2.05) is 6.20 Å². The van der Waals surface area contributed by atoms with Gasteiger partial charge in [0.25, 0.3) is 0 Å². The van der Waals surface area contributed by atoms with Crippen molar-refractivity contribution in [3.8, 4) is 0 Å². The molecule has 7 heteroatoms. The van der Waals surface area contributed by atoms with E-state index in [2.05, 4.69) is 15.1 Å². The molecule has 0 aliphatic rings. The Hall–Kier alpha value is -2.47. The van der Waals surface area contributed by atoms with E-state index in [4.69, 9.17) is 16.7 Å². The van der Waals surface area contributed by atoms with Crippen LogP contribution in [0.4, 0.5) is 0 Å². The average molecular weight is 303 g/mol. The highest BCUT2D eigenvalue weighted by Crippen LogP contribution is 2.17. The number of rotatable bonds is 3. The lowest BCUT2D eigenvalue weighted by Gasteiger charge is -2.07. The molecule has 0 fully saturated rings. The SMILES string of the molecule is Cc1c(C(=O)O)ccnc1Cn1cc2cc(Cl)cnc2n1. The van der Waals surface area contributed by atoms with Gasteiger partial charge in [0.1, 0.15) is 0 Å². The van der Waals surface area contributed by atoms with E-state index in [9.17, 15) is 4.79 Å². The number of hydrogen-bond donors (Lipinski definition) is 1. The first kappa shape index (κ1) is 13.5. The van der Waals surface area contributed by atoms with Crippen LogP contribution in [0.15, 0.2) is 30.7 Å². The quantitative estimate of drug-likeness (QED) is 0.804. The molecular weight excluding hydrogens is 292 g/mol. The lowest BCUT2D eigenvalue weighted by Crippen LogP contribution is -2.08. The predicted octanol–water partition coefficient (Wildman–Crippen LogP) is 2.53. The van der Waals surface area contributed by atoms with Gasteiger partial charge in [-0.05, 0) is 24.6 Å². The van der Waals surface area contributed by atoms with Crippen molar-refractivity contribution in [2.45, 2.75) is 13.5 Å². The summed E-state index contributed by atoms with van der Waals surface area (Å²) in [6, 6.07) is 3.27. The Morgan fingerprint density at radius 2 is 2.24 bits per heavy atom. The molecule has 6 nitrogen and oxygen atoms in total. The summed E-state index contributed by atoms with van der Waals surface area (Å²) in [5, 5.41) is 14.8. The second-order valence-corrected chi connectivity index (χ2v) is 5.06. The summed E-state index contributed by atoms with van der Waals surface area (Å²) in [5.74, 6) is -0.963. The van der Waals surface area contributed by atoms with Crippen molar-refractivity contribution < 1.29 is 9.90 Å². The molecule has 0 amide bonds. The first-order chi connectivity index (χ1) is 10.0. The highest BCUT2D eigenvalue weighted by molar-refractivity contribution is 6.31. The molecule has 0 bridgehead atoms.